The van der Waals surface area contributed by atoms with E-state index in [1.807, 2.05) is 38.1 Å². The summed E-state index contributed by atoms with van der Waals surface area (Å²) in [5, 5.41) is 5.15. The Balaban J connectivity index is 1.83. The molecule has 0 bridgehead atoms. The molecule has 25 heavy (non-hydrogen) atoms. The number of thioether (sulfide) groups is 1. The van der Waals surface area contributed by atoms with Gasteiger partial charge in [0.25, 0.3) is 0 Å². The first kappa shape index (κ1) is 17.8. The number of hydrazone groups is 1. The van der Waals surface area contributed by atoms with E-state index in [2.05, 4.69) is 36.4 Å². The van der Waals surface area contributed by atoms with Gasteiger partial charge in [-0.15, -0.1) is 0 Å². The third-order valence-electron chi connectivity index (χ3n) is 3.79. The van der Waals surface area contributed by atoms with Crippen molar-refractivity contribution in [3.63, 3.8) is 0 Å². The van der Waals surface area contributed by atoms with Crippen molar-refractivity contribution in [2.24, 2.45) is 10.1 Å². The lowest BCUT2D eigenvalue weighted by atomic mass is 10.1. The third kappa shape index (κ3) is 3.80. The predicted molar refractivity (Wildman–Crippen MR) is 105 cm³/mol. The molecule has 1 aromatic carbocycles. The number of hydrogen-bond donors (Lipinski definition) is 2. The Hall–Kier alpha value is -2.06. The molecule has 2 heterocycles. The predicted octanol–water partition coefficient (Wildman–Crippen LogP) is 3.91. The van der Waals surface area contributed by atoms with Crippen LogP contribution in [0.25, 0.3) is 0 Å². The van der Waals surface area contributed by atoms with Gasteiger partial charge in [-0.25, -0.2) is 9.79 Å². The van der Waals surface area contributed by atoms with Gasteiger partial charge in [0.05, 0.1) is 29.8 Å². The van der Waals surface area contributed by atoms with Crippen LogP contribution in [0.5, 0.6) is 0 Å². The van der Waals surface area contributed by atoms with Gasteiger partial charge in [0.15, 0.2) is 5.17 Å². The fourth-order valence-electron chi connectivity index (χ4n) is 2.61. The largest absolute Gasteiger partial charge is 0.465 e. The summed E-state index contributed by atoms with van der Waals surface area (Å²) in [4.78, 5) is 19.7. The zero-order chi connectivity index (χ0) is 18.0. The number of carbonyl (C=O) groups is 1. The Morgan fingerprint density at radius 2 is 2.20 bits per heavy atom. The number of rotatable bonds is 3. The number of hydrogen-bond acceptors (Lipinski definition) is 5. The molecule has 1 aliphatic heterocycles. The summed E-state index contributed by atoms with van der Waals surface area (Å²) in [6, 6.07) is 7.76. The van der Waals surface area contributed by atoms with Gasteiger partial charge in [-0.2, -0.15) is 5.10 Å². The highest BCUT2D eigenvalue weighted by Crippen LogP contribution is 2.24. The lowest BCUT2D eigenvalue weighted by Crippen LogP contribution is -2.25. The Bertz CT molecular complexity index is 889. The van der Waals surface area contributed by atoms with E-state index in [1.54, 1.807) is 11.8 Å². The lowest BCUT2D eigenvalue weighted by Gasteiger charge is -2.14. The maximum Gasteiger partial charge on any atom is 0.339 e. The molecule has 0 radical (unpaired) electrons. The number of carbonyl (C=O) groups excluding carboxylic acids is 1. The number of aromatic amines is 1. The maximum atomic E-state index is 11.9. The number of benzene rings is 1. The topological polar surface area (TPSA) is 78.8 Å². The molecule has 2 aromatic rings. The second kappa shape index (κ2) is 7.45. The van der Waals surface area contributed by atoms with E-state index in [0.29, 0.717) is 11.3 Å². The second-order valence-electron chi connectivity index (χ2n) is 5.47. The van der Waals surface area contributed by atoms with E-state index in [0.717, 1.165) is 38.0 Å². The number of aromatic nitrogens is 1. The minimum absolute atomic E-state index is 0.341. The van der Waals surface area contributed by atoms with Gasteiger partial charge in [-0.1, -0.05) is 33.8 Å². The van der Waals surface area contributed by atoms with E-state index in [9.17, 15) is 4.79 Å². The molecule has 0 atom stereocenters. The SMILES string of the molecule is COC(=O)c1c(C)[nH]c(C2=NNC(=Nc3cccc(Br)c3)SC2)c1C. The van der Waals surface area contributed by atoms with Crippen molar-refractivity contribution in [3.05, 3.63) is 51.3 Å². The molecule has 0 spiro atoms. The summed E-state index contributed by atoms with van der Waals surface area (Å²) in [6.07, 6.45) is 0. The van der Waals surface area contributed by atoms with Crippen LogP contribution in [-0.4, -0.2) is 34.7 Å². The van der Waals surface area contributed by atoms with Crippen LogP contribution in [0.3, 0.4) is 0 Å². The van der Waals surface area contributed by atoms with Crippen molar-refractivity contribution in [1.29, 1.82) is 0 Å². The molecule has 130 valence electrons. The third-order valence-corrected chi connectivity index (χ3v) is 5.15. The van der Waals surface area contributed by atoms with Crippen LogP contribution in [0.1, 0.15) is 27.3 Å². The van der Waals surface area contributed by atoms with E-state index in [1.165, 1.54) is 7.11 Å². The zero-order valence-corrected chi connectivity index (χ0v) is 16.4. The molecule has 0 fully saturated rings. The number of methoxy groups -OCH3 is 1. The van der Waals surface area contributed by atoms with Crippen molar-refractivity contribution >= 4 is 50.2 Å². The van der Waals surface area contributed by atoms with E-state index < -0.39 is 0 Å². The molecule has 8 heteroatoms. The molecule has 0 amide bonds. The van der Waals surface area contributed by atoms with Crippen molar-refractivity contribution in [2.45, 2.75) is 13.8 Å². The van der Waals surface area contributed by atoms with Crippen LogP contribution in [0.15, 0.2) is 38.8 Å². The first-order chi connectivity index (χ1) is 12.0. The number of nitrogens with one attached hydrogen (secondary N) is 2. The second-order valence-corrected chi connectivity index (χ2v) is 7.35. The average molecular weight is 421 g/mol. The quantitative estimate of drug-likeness (QED) is 0.737. The van der Waals surface area contributed by atoms with Crippen molar-refractivity contribution in [1.82, 2.24) is 10.4 Å². The van der Waals surface area contributed by atoms with Crippen LogP contribution in [0.4, 0.5) is 5.69 Å². The smallest absolute Gasteiger partial charge is 0.339 e. The normalized spacial score (nSPS) is 15.7. The Morgan fingerprint density at radius 1 is 1.40 bits per heavy atom. The summed E-state index contributed by atoms with van der Waals surface area (Å²) in [7, 11) is 1.38. The van der Waals surface area contributed by atoms with Gasteiger partial charge >= 0.3 is 5.97 Å². The number of ether oxygens (including phenoxy) is 1. The molecule has 0 aliphatic carbocycles. The number of amidine groups is 1. The maximum absolute atomic E-state index is 11.9. The number of esters is 1. The van der Waals surface area contributed by atoms with Crippen LogP contribution < -0.4 is 5.43 Å². The summed E-state index contributed by atoms with van der Waals surface area (Å²) in [5.41, 5.74) is 7.71. The first-order valence-electron chi connectivity index (χ1n) is 7.57. The molecule has 0 saturated carbocycles. The van der Waals surface area contributed by atoms with Crippen LogP contribution >= 0.6 is 27.7 Å². The summed E-state index contributed by atoms with van der Waals surface area (Å²) >= 11 is 5.00. The minimum Gasteiger partial charge on any atom is -0.465 e. The zero-order valence-electron chi connectivity index (χ0n) is 14.0. The molecular formula is C17H17BrN4O2S. The molecular weight excluding hydrogens is 404 g/mol. The van der Waals surface area contributed by atoms with Crippen LogP contribution in [0.2, 0.25) is 0 Å². The fourth-order valence-corrected chi connectivity index (χ4v) is 3.76. The van der Waals surface area contributed by atoms with Gasteiger partial charge in [0.1, 0.15) is 0 Å². The van der Waals surface area contributed by atoms with Gasteiger partial charge in [-0.3, -0.25) is 5.43 Å². The Kier molecular flexibility index (Phi) is 5.29. The Morgan fingerprint density at radius 3 is 2.84 bits per heavy atom. The molecule has 1 aromatic heterocycles. The summed E-state index contributed by atoms with van der Waals surface area (Å²) in [6.45, 7) is 3.75. The van der Waals surface area contributed by atoms with Crippen LogP contribution in [0, 0.1) is 13.8 Å². The molecule has 1 aliphatic rings. The van der Waals surface area contributed by atoms with Crippen molar-refractivity contribution < 1.29 is 9.53 Å². The van der Waals surface area contributed by atoms with Gasteiger partial charge < -0.3 is 9.72 Å². The fraction of sp³-hybridized carbons (Fsp3) is 0.235. The number of aryl methyl sites for hydroxylation is 1. The van der Waals surface area contributed by atoms with Crippen molar-refractivity contribution in [3.8, 4) is 0 Å². The molecule has 0 unspecified atom stereocenters. The number of halogens is 1. The van der Waals surface area contributed by atoms with Crippen LogP contribution in [-0.2, 0) is 4.74 Å². The molecule has 0 saturated heterocycles. The molecule has 2 N–H and O–H groups in total. The summed E-state index contributed by atoms with van der Waals surface area (Å²) < 4.78 is 5.83. The average Bonchev–Trinajstić information content (AvgIpc) is 2.89. The van der Waals surface area contributed by atoms with Gasteiger partial charge in [0, 0.05) is 15.9 Å². The molecule has 3 rings (SSSR count). The van der Waals surface area contributed by atoms with Gasteiger partial charge in [0.2, 0.25) is 0 Å². The van der Waals surface area contributed by atoms with E-state index in [4.69, 9.17) is 4.74 Å². The standard InChI is InChI=1S/C17H17BrN4O2S/c1-9-14(16(23)24-3)10(2)19-15(9)13-8-25-17(22-21-13)20-12-6-4-5-11(18)7-12/h4-7,19H,8H2,1-3H3,(H,20,22). The minimum atomic E-state index is -0.341. The highest BCUT2D eigenvalue weighted by molar-refractivity contribution is 9.10. The first-order valence-corrected chi connectivity index (χ1v) is 9.35. The summed E-state index contributed by atoms with van der Waals surface area (Å²) in [5.74, 6) is 0.313. The number of H-pyrrole nitrogens is 1. The lowest BCUT2D eigenvalue weighted by molar-refractivity contribution is 0.0599. The highest BCUT2D eigenvalue weighted by atomic mass is 79.9. The number of nitrogens with zero attached hydrogens (tertiary/aromatic N) is 2. The Labute approximate surface area is 158 Å². The van der Waals surface area contributed by atoms with E-state index in [-0.39, 0.29) is 5.97 Å². The highest BCUT2D eigenvalue weighted by Gasteiger charge is 2.23. The molecule has 6 nitrogen and oxygen atoms in total. The number of aliphatic imine (C=N–C) groups is 1. The van der Waals surface area contributed by atoms with Gasteiger partial charge in [-0.05, 0) is 37.6 Å². The van der Waals surface area contributed by atoms with E-state index >= 15 is 0 Å². The van der Waals surface area contributed by atoms with Crippen molar-refractivity contribution in [2.75, 3.05) is 12.9 Å². The monoisotopic (exact) mass is 420 g/mol.